The number of aromatic nitrogens is 2. The summed E-state index contributed by atoms with van der Waals surface area (Å²) in [6, 6.07) is 7.17. The summed E-state index contributed by atoms with van der Waals surface area (Å²) in [6.07, 6.45) is 2.92. The first-order valence-electron chi connectivity index (χ1n) is 6.54. The normalized spacial score (nSPS) is 16.9. The van der Waals surface area contributed by atoms with E-state index in [1.54, 1.807) is 29.2 Å². The lowest BCUT2D eigenvalue weighted by Crippen LogP contribution is -2.07. The monoisotopic (exact) mass is 270 g/mol. The quantitative estimate of drug-likeness (QED) is 0.632. The summed E-state index contributed by atoms with van der Waals surface area (Å²) >= 11 is 0. The van der Waals surface area contributed by atoms with Crippen molar-refractivity contribution in [3.8, 4) is 0 Å². The van der Waals surface area contributed by atoms with Crippen molar-refractivity contribution in [2.45, 2.75) is 26.0 Å². The zero-order chi connectivity index (χ0) is 14.1. The fourth-order valence-electron chi connectivity index (χ4n) is 2.34. The summed E-state index contributed by atoms with van der Waals surface area (Å²) in [6.45, 7) is 2.67. The Labute approximate surface area is 116 Å². The Kier molecular flexibility index (Phi) is 3.10. The third-order valence-electron chi connectivity index (χ3n) is 3.43. The molecule has 20 heavy (non-hydrogen) atoms. The van der Waals surface area contributed by atoms with Gasteiger partial charge in [0.05, 0.1) is 23.7 Å². The maximum Gasteiger partial charge on any atom is 0.339 e. The minimum atomic E-state index is -0.490. The molecule has 0 fully saturated rings. The molecule has 0 bridgehead atoms. The number of nitrogens with zero attached hydrogens (tertiary/aromatic N) is 2. The van der Waals surface area contributed by atoms with E-state index in [-0.39, 0.29) is 18.2 Å². The molecule has 1 unspecified atom stereocenters. The number of hydrogen-bond donors (Lipinski definition) is 0. The second-order valence-corrected chi connectivity index (χ2v) is 4.69. The molecule has 0 saturated carbocycles. The van der Waals surface area contributed by atoms with Crippen LogP contribution < -0.4 is 0 Å². The molecule has 1 aliphatic heterocycles. The van der Waals surface area contributed by atoms with Crippen molar-refractivity contribution in [1.29, 1.82) is 0 Å². The Bertz CT molecular complexity index is 675. The van der Waals surface area contributed by atoms with E-state index in [9.17, 15) is 9.59 Å². The van der Waals surface area contributed by atoms with Gasteiger partial charge in [0, 0.05) is 18.3 Å². The predicted octanol–water partition coefficient (Wildman–Crippen LogP) is 2.39. The van der Waals surface area contributed by atoms with Crippen LogP contribution in [-0.2, 0) is 11.3 Å². The SMILES string of the molecule is CCn1cc(C(=O)CC2OC(=O)c3ccccc32)cn1. The standard InChI is InChI=1S/C15H14N2O3/c1-2-17-9-10(8-16-17)13(18)7-14-11-5-3-4-6-12(11)15(19)20-14/h3-6,8-9,14H,2,7H2,1H3. The van der Waals surface area contributed by atoms with Gasteiger partial charge >= 0.3 is 5.97 Å². The van der Waals surface area contributed by atoms with Gasteiger partial charge in [-0.3, -0.25) is 9.48 Å². The second-order valence-electron chi connectivity index (χ2n) is 4.69. The number of ether oxygens (including phenoxy) is 1. The largest absolute Gasteiger partial charge is 0.453 e. The van der Waals surface area contributed by atoms with Crippen LogP contribution in [0.15, 0.2) is 36.7 Å². The zero-order valence-electron chi connectivity index (χ0n) is 11.1. The topological polar surface area (TPSA) is 61.2 Å². The summed E-state index contributed by atoms with van der Waals surface area (Å²) in [5.74, 6) is -0.429. The van der Waals surface area contributed by atoms with Gasteiger partial charge in [-0.15, -0.1) is 0 Å². The van der Waals surface area contributed by atoms with Gasteiger partial charge in [0.1, 0.15) is 6.10 Å². The van der Waals surface area contributed by atoms with Crippen molar-refractivity contribution in [2.75, 3.05) is 0 Å². The number of aryl methyl sites for hydroxylation is 1. The summed E-state index contributed by atoms with van der Waals surface area (Å²) in [5.41, 5.74) is 1.88. The Morgan fingerprint density at radius 2 is 2.20 bits per heavy atom. The number of Topliss-reactive ketones (excluding diaryl/α,β-unsaturated/α-hetero) is 1. The summed E-state index contributed by atoms with van der Waals surface area (Å²) in [7, 11) is 0. The van der Waals surface area contributed by atoms with Crippen molar-refractivity contribution < 1.29 is 14.3 Å². The van der Waals surface area contributed by atoms with Crippen LogP contribution in [0.5, 0.6) is 0 Å². The lowest BCUT2D eigenvalue weighted by atomic mass is 10.00. The third kappa shape index (κ3) is 2.11. The number of ketones is 1. The van der Waals surface area contributed by atoms with Gasteiger partial charge in [-0.2, -0.15) is 5.10 Å². The number of hydrogen-bond acceptors (Lipinski definition) is 4. The first-order chi connectivity index (χ1) is 9.69. The Hall–Kier alpha value is -2.43. The molecule has 3 rings (SSSR count). The highest BCUT2D eigenvalue weighted by atomic mass is 16.5. The lowest BCUT2D eigenvalue weighted by Gasteiger charge is -2.08. The van der Waals surface area contributed by atoms with Gasteiger partial charge in [-0.1, -0.05) is 18.2 Å². The van der Waals surface area contributed by atoms with E-state index in [0.29, 0.717) is 17.7 Å². The van der Waals surface area contributed by atoms with Gasteiger partial charge in [0.2, 0.25) is 0 Å². The Morgan fingerprint density at radius 1 is 1.40 bits per heavy atom. The molecule has 5 heteroatoms. The Morgan fingerprint density at radius 3 is 2.95 bits per heavy atom. The van der Waals surface area contributed by atoms with Crippen LogP contribution in [-0.4, -0.2) is 21.5 Å². The average Bonchev–Trinajstić information content (AvgIpc) is 3.05. The van der Waals surface area contributed by atoms with Crippen LogP contribution in [0, 0.1) is 0 Å². The van der Waals surface area contributed by atoms with Crippen molar-refractivity contribution in [3.63, 3.8) is 0 Å². The van der Waals surface area contributed by atoms with Gasteiger partial charge in [0.15, 0.2) is 5.78 Å². The van der Waals surface area contributed by atoms with E-state index in [4.69, 9.17) is 4.74 Å². The highest BCUT2D eigenvalue weighted by Crippen LogP contribution is 2.33. The highest BCUT2D eigenvalue weighted by molar-refractivity contribution is 5.98. The molecule has 0 saturated heterocycles. The lowest BCUT2D eigenvalue weighted by molar-refractivity contribution is 0.0367. The van der Waals surface area contributed by atoms with Crippen LogP contribution in [0.25, 0.3) is 0 Å². The van der Waals surface area contributed by atoms with Crippen LogP contribution in [0.1, 0.15) is 45.7 Å². The molecule has 1 aromatic heterocycles. The molecule has 1 atom stereocenters. The molecule has 0 radical (unpaired) electrons. The van der Waals surface area contributed by atoms with Crippen molar-refractivity contribution >= 4 is 11.8 Å². The number of rotatable bonds is 4. The molecule has 5 nitrogen and oxygen atoms in total. The number of benzene rings is 1. The van der Waals surface area contributed by atoms with Crippen LogP contribution in [0.4, 0.5) is 0 Å². The van der Waals surface area contributed by atoms with Gasteiger partial charge < -0.3 is 4.74 Å². The predicted molar refractivity (Wildman–Crippen MR) is 71.4 cm³/mol. The number of cyclic esters (lactones) is 1. The molecule has 0 amide bonds. The van der Waals surface area contributed by atoms with Crippen LogP contribution in [0.3, 0.4) is 0 Å². The summed E-state index contributed by atoms with van der Waals surface area (Å²) < 4.78 is 6.97. The number of esters is 1. The van der Waals surface area contributed by atoms with Gasteiger partial charge in [-0.25, -0.2) is 4.79 Å². The molecular weight excluding hydrogens is 256 g/mol. The Balaban J connectivity index is 1.79. The van der Waals surface area contributed by atoms with Gasteiger partial charge in [-0.05, 0) is 13.0 Å². The molecule has 1 aromatic carbocycles. The third-order valence-corrected chi connectivity index (χ3v) is 3.43. The van der Waals surface area contributed by atoms with E-state index >= 15 is 0 Å². The van der Waals surface area contributed by atoms with E-state index in [2.05, 4.69) is 5.10 Å². The van der Waals surface area contributed by atoms with Crippen molar-refractivity contribution in [1.82, 2.24) is 9.78 Å². The summed E-state index contributed by atoms with van der Waals surface area (Å²) in [4.78, 5) is 23.9. The number of carbonyl (C=O) groups is 2. The molecular formula is C15H14N2O3. The van der Waals surface area contributed by atoms with E-state index < -0.39 is 6.10 Å². The molecule has 0 N–H and O–H groups in total. The fourth-order valence-corrected chi connectivity index (χ4v) is 2.34. The summed E-state index contributed by atoms with van der Waals surface area (Å²) in [5, 5.41) is 4.08. The first kappa shape index (κ1) is 12.6. The van der Waals surface area contributed by atoms with E-state index in [1.807, 2.05) is 19.1 Å². The van der Waals surface area contributed by atoms with E-state index in [1.165, 1.54) is 0 Å². The molecule has 0 aliphatic carbocycles. The smallest absolute Gasteiger partial charge is 0.339 e. The van der Waals surface area contributed by atoms with Crippen molar-refractivity contribution in [3.05, 3.63) is 53.3 Å². The highest BCUT2D eigenvalue weighted by Gasteiger charge is 2.32. The minimum Gasteiger partial charge on any atom is -0.453 e. The fraction of sp³-hybridized carbons (Fsp3) is 0.267. The maximum absolute atomic E-state index is 12.2. The first-order valence-corrected chi connectivity index (χ1v) is 6.54. The molecule has 1 aliphatic rings. The molecule has 102 valence electrons. The second kappa shape index (κ2) is 4.92. The molecule has 2 aromatic rings. The number of fused-ring (bicyclic) bond motifs is 1. The minimum absolute atomic E-state index is 0.0702. The van der Waals surface area contributed by atoms with Gasteiger partial charge in [0.25, 0.3) is 0 Å². The van der Waals surface area contributed by atoms with Crippen LogP contribution >= 0.6 is 0 Å². The molecule has 2 heterocycles. The molecule has 0 spiro atoms. The van der Waals surface area contributed by atoms with E-state index in [0.717, 1.165) is 5.56 Å². The zero-order valence-corrected chi connectivity index (χ0v) is 11.1. The van der Waals surface area contributed by atoms with Crippen molar-refractivity contribution in [2.24, 2.45) is 0 Å². The van der Waals surface area contributed by atoms with Crippen LogP contribution in [0.2, 0.25) is 0 Å². The number of carbonyl (C=O) groups excluding carboxylic acids is 2. The average molecular weight is 270 g/mol. The maximum atomic E-state index is 12.2.